The highest BCUT2D eigenvalue weighted by atomic mass is 35.5. The molecule has 10 nitrogen and oxygen atoms in total. The molecule has 11 heteroatoms. The van der Waals surface area contributed by atoms with E-state index in [2.05, 4.69) is 25.9 Å². The number of carbonyl (C=O) groups is 2. The van der Waals surface area contributed by atoms with Gasteiger partial charge in [-0.25, -0.2) is 0 Å². The second-order valence-corrected chi connectivity index (χ2v) is 8.44. The number of nitrogens with zero attached hydrogens (tertiary/aromatic N) is 1. The van der Waals surface area contributed by atoms with Gasteiger partial charge in [0.1, 0.15) is 17.6 Å². The Balaban J connectivity index is 0.00000400. The topological polar surface area (TPSA) is 158 Å². The monoisotopic (exact) mass is 535 g/mol. The number of nitrogens with one attached hydrogen (secondary N) is 5. The average Bonchev–Trinajstić information content (AvgIpc) is 3.34. The maximum absolute atomic E-state index is 13.3. The molecule has 0 radical (unpaired) electrons. The van der Waals surface area contributed by atoms with E-state index in [0.29, 0.717) is 24.4 Å². The molecule has 2 heterocycles. The summed E-state index contributed by atoms with van der Waals surface area (Å²) in [6.07, 6.45) is 5.12. The SMILES string of the molecule is COc1ccc2[nH]cc(C(NCc3ccc(C(=N)N)cc3)C(=O)NCC(=O)NCc3cccnc3)c2c1.Cl. The maximum atomic E-state index is 13.3. The fourth-order valence-corrected chi connectivity index (χ4v) is 3.89. The number of amides is 2. The van der Waals surface area contributed by atoms with Gasteiger partial charge in [0.15, 0.2) is 0 Å². The van der Waals surface area contributed by atoms with E-state index in [9.17, 15) is 9.59 Å². The summed E-state index contributed by atoms with van der Waals surface area (Å²) >= 11 is 0. The highest BCUT2D eigenvalue weighted by Crippen LogP contribution is 2.28. The van der Waals surface area contributed by atoms with E-state index in [-0.39, 0.29) is 36.6 Å². The Hall–Kier alpha value is -4.41. The lowest BCUT2D eigenvalue weighted by molar-refractivity contribution is -0.127. The van der Waals surface area contributed by atoms with Crippen molar-refractivity contribution in [1.82, 2.24) is 25.9 Å². The highest BCUT2D eigenvalue weighted by Gasteiger charge is 2.24. The van der Waals surface area contributed by atoms with Gasteiger partial charge < -0.3 is 26.1 Å². The van der Waals surface area contributed by atoms with Crippen molar-refractivity contribution in [3.05, 3.63) is 95.4 Å². The van der Waals surface area contributed by atoms with E-state index in [1.54, 1.807) is 43.9 Å². The number of rotatable bonds is 11. The number of hydrogen-bond acceptors (Lipinski definition) is 6. The van der Waals surface area contributed by atoms with Gasteiger partial charge in [-0.15, -0.1) is 12.4 Å². The predicted octanol–water partition coefficient (Wildman–Crippen LogP) is 2.54. The Kier molecular flexibility index (Phi) is 9.80. The van der Waals surface area contributed by atoms with E-state index in [1.807, 2.05) is 36.4 Å². The van der Waals surface area contributed by atoms with Gasteiger partial charge >= 0.3 is 0 Å². The third-order valence-electron chi connectivity index (χ3n) is 5.91. The number of pyridine rings is 1. The molecule has 1 unspecified atom stereocenters. The standard InChI is InChI=1S/C27H29N7O3.ClH/c1-37-20-8-9-23-21(11-20)22(15-31-23)25(33-13-17-4-6-19(7-5-17)26(28)29)27(36)34-16-24(35)32-14-18-3-2-10-30-12-18;/h2-12,15,25,31,33H,13-14,16H2,1H3,(H3,28,29)(H,32,35)(H,34,36);1H. The zero-order chi connectivity index (χ0) is 26.2. The van der Waals surface area contributed by atoms with Gasteiger partial charge in [0.05, 0.1) is 13.7 Å². The number of aromatic nitrogens is 2. The van der Waals surface area contributed by atoms with Crippen molar-refractivity contribution in [3.63, 3.8) is 0 Å². The molecule has 0 bridgehead atoms. The lowest BCUT2D eigenvalue weighted by Gasteiger charge is -2.19. The van der Waals surface area contributed by atoms with Gasteiger partial charge in [0, 0.05) is 53.7 Å². The van der Waals surface area contributed by atoms with Crippen molar-refractivity contribution in [2.45, 2.75) is 19.1 Å². The van der Waals surface area contributed by atoms with Crippen molar-refractivity contribution >= 4 is 41.0 Å². The second-order valence-electron chi connectivity index (χ2n) is 8.44. The summed E-state index contributed by atoms with van der Waals surface area (Å²) in [4.78, 5) is 32.9. The molecule has 4 aromatic rings. The maximum Gasteiger partial charge on any atom is 0.242 e. The quantitative estimate of drug-likeness (QED) is 0.128. The van der Waals surface area contributed by atoms with E-state index in [0.717, 1.165) is 27.6 Å². The number of methoxy groups -OCH3 is 1. The average molecular weight is 536 g/mol. The zero-order valence-corrected chi connectivity index (χ0v) is 21.6. The Morgan fingerprint density at radius 1 is 1.08 bits per heavy atom. The summed E-state index contributed by atoms with van der Waals surface area (Å²) in [5.74, 6) is 0.00499. The largest absolute Gasteiger partial charge is 0.497 e. The third kappa shape index (κ3) is 7.09. The zero-order valence-electron chi connectivity index (χ0n) is 20.8. The van der Waals surface area contributed by atoms with E-state index in [4.69, 9.17) is 15.9 Å². The molecule has 2 aromatic heterocycles. The fraction of sp³-hybridized carbons (Fsp3) is 0.185. The Morgan fingerprint density at radius 3 is 2.55 bits per heavy atom. The first-order valence-electron chi connectivity index (χ1n) is 11.7. The molecular weight excluding hydrogens is 506 g/mol. The minimum absolute atomic E-state index is 0. The van der Waals surface area contributed by atoms with Gasteiger partial charge in [-0.1, -0.05) is 30.3 Å². The number of carbonyl (C=O) groups excluding carboxylic acids is 2. The number of H-pyrrole nitrogens is 1. The first kappa shape index (κ1) is 28.2. The van der Waals surface area contributed by atoms with Gasteiger partial charge in [0.2, 0.25) is 11.8 Å². The lowest BCUT2D eigenvalue weighted by atomic mass is 10.0. The Bertz CT molecular complexity index is 1390. The molecule has 0 fully saturated rings. The molecule has 0 spiro atoms. The first-order chi connectivity index (χ1) is 17.9. The van der Waals surface area contributed by atoms with Crippen LogP contribution < -0.4 is 26.4 Å². The molecule has 0 aliphatic carbocycles. The Labute approximate surface area is 226 Å². The smallest absolute Gasteiger partial charge is 0.242 e. The van der Waals surface area contributed by atoms with Crippen molar-refractivity contribution < 1.29 is 14.3 Å². The number of halogens is 1. The van der Waals surface area contributed by atoms with Crippen molar-refractivity contribution in [2.75, 3.05) is 13.7 Å². The van der Waals surface area contributed by atoms with Gasteiger partial charge in [-0.05, 0) is 35.4 Å². The van der Waals surface area contributed by atoms with Crippen LogP contribution in [0.3, 0.4) is 0 Å². The molecular formula is C27H30ClN7O3. The van der Waals surface area contributed by atoms with Crippen molar-refractivity contribution in [3.8, 4) is 5.75 Å². The van der Waals surface area contributed by atoms with Crippen molar-refractivity contribution in [1.29, 1.82) is 5.41 Å². The van der Waals surface area contributed by atoms with E-state index >= 15 is 0 Å². The number of nitrogen functional groups attached to an aromatic ring is 1. The first-order valence-corrected chi connectivity index (χ1v) is 11.7. The van der Waals surface area contributed by atoms with E-state index < -0.39 is 6.04 Å². The van der Waals surface area contributed by atoms with Crippen LogP contribution in [0.5, 0.6) is 5.75 Å². The van der Waals surface area contributed by atoms with Crippen LogP contribution in [0.2, 0.25) is 0 Å². The Morgan fingerprint density at radius 2 is 1.87 bits per heavy atom. The molecule has 2 amide bonds. The molecule has 38 heavy (non-hydrogen) atoms. The number of fused-ring (bicyclic) bond motifs is 1. The third-order valence-corrected chi connectivity index (χ3v) is 5.91. The van der Waals surface area contributed by atoms with Crippen LogP contribution in [0.4, 0.5) is 0 Å². The van der Waals surface area contributed by atoms with Crippen LogP contribution in [0.15, 0.2) is 73.2 Å². The summed E-state index contributed by atoms with van der Waals surface area (Å²) in [5, 5.41) is 17.2. The van der Waals surface area contributed by atoms with Crippen LogP contribution in [0.1, 0.15) is 28.3 Å². The van der Waals surface area contributed by atoms with Gasteiger partial charge in [-0.2, -0.15) is 0 Å². The van der Waals surface area contributed by atoms with Crippen LogP contribution in [-0.4, -0.2) is 41.3 Å². The van der Waals surface area contributed by atoms with E-state index in [1.165, 1.54) is 0 Å². The van der Waals surface area contributed by atoms with Crippen LogP contribution in [0.25, 0.3) is 10.9 Å². The predicted molar refractivity (Wildman–Crippen MR) is 148 cm³/mol. The molecule has 2 aromatic carbocycles. The van der Waals surface area contributed by atoms with Crippen LogP contribution >= 0.6 is 12.4 Å². The summed E-state index contributed by atoms with van der Waals surface area (Å²) in [6.45, 7) is 0.527. The summed E-state index contributed by atoms with van der Waals surface area (Å²) in [7, 11) is 1.59. The highest BCUT2D eigenvalue weighted by molar-refractivity contribution is 5.95. The molecule has 0 saturated carbocycles. The second kappa shape index (κ2) is 13.2. The van der Waals surface area contributed by atoms with Gasteiger partial charge in [-0.3, -0.25) is 25.3 Å². The minimum Gasteiger partial charge on any atom is -0.497 e. The fourth-order valence-electron chi connectivity index (χ4n) is 3.89. The molecule has 4 rings (SSSR count). The number of nitrogens with two attached hydrogens (primary N) is 1. The number of ether oxygens (including phenoxy) is 1. The summed E-state index contributed by atoms with van der Waals surface area (Å²) in [6, 6.07) is 15.7. The molecule has 198 valence electrons. The summed E-state index contributed by atoms with van der Waals surface area (Å²) in [5.41, 5.74) is 9.53. The molecule has 7 N–H and O–H groups in total. The number of amidine groups is 1. The molecule has 0 aliphatic heterocycles. The number of aromatic amines is 1. The summed E-state index contributed by atoms with van der Waals surface area (Å²) < 4.78 is 5.37. The molecule has 1 atom stereocenters. The number of hydrogen-bond donors (Lipinski definition) is 6. The number of benzene rings is 2. The normalized spacial score (nSPS) is 11.3. The van der Waals surface area contributed by atoms with Crippen molar-refractivity contribution in [2.24, 2.45) is 5.73 Å². The molecule has 0 aliphatic rings. The van der Waals surface area contributed by atoms with Crippen LogP contribution in [0, 0.1) is 5.41 Å². The molecule has 0 saturated heterocycles. The van der Waals surface area contributed by atoms with Crippen LogP contribution in [-0.2, 0) is 22.7 Å². The lowest BCUT2D eigenvalue weighted by Crippen LogP contribution is -2.42. The van der Waals surface area contributed by atoms with Gasteiger partial charge in [0.25, 0.3) is 0 Å². The minimum atomic E-state index is -0.750.